The van der Waals surface area contributed by atoms with Gasteiger partial charge >= 0.3 is 5.97 Å². The third kappa shape index (κ3) is 4.72. The van der Waals surface area contributed by atoms with Gasteiger partial charge in [0.15, 0.2) is 0 Å². The second-order valence-electron chi connectivity index (χ2n) is 7.43. The van der Waals surface area contributed by atoms with Gasteiger partial charge in [-0.1, -0.05) is 48.9 Å². The third-order valence-electron chi connectivity index (χ3n) is 5.26. The quantitative estimate of drug-likeness (QED) is 0.314. The molecule has 7 nitrogen and oxygen atoms in total. The highest BCUT2D eigenvalue weighted by molar-refractivity contribution is 6.05. The minimum atomic E-state index is -0.758. The Hall–Kier alpha value is -3.87. The zero-order valence-electron chi connectivity index (χ0n) is 17.9. The maximum Gasteiger partial charge on any atom is 0.303 e. The summed E-state index contributed by atoms with van der Waals surface area (Å²) in [5, 5.41) is 13.0. The predicted octanol–water partition coefficient (Wildman–Crippen LogP) is 5.62. The topological polar surface area (TPSA) is 97.5 Å². The number of hydrogen-bond donors (Lipinski definition) is 2. The number of fused-ring (bicyclic) bond motifs is 1. The van der Waals surface area contributed by atoms with Crippen LogP contribution in [0.2, 0.25) is 0 Å². The van der Waals surface area contributed by atoms with E-state index in [0.29, 0.717) is 24.5 Å². The number of rotatable bonds is 10. The number of aromatic nitrogens is 2. The first-order valence-corrected chi connectivity index (χ1v) is 10.6. The number of benzene rings is 2. The highest BCUT2D eigenvalue weighted by Crippen LogP contribution is 2.42. The maximum atomic E-state index is 10.7. The van der Waals surface area contributed by atoms with E-state index in [2.05, 4.69) is 15.3 Å². The van der Waals surface area contributed by atoms with E-state index in [1.54, 1.807) is 7.11 Å². The van der Waals surface area contributed by atoms with E-state index in [-0.39, 0.29) is 6.42 Å². The Kier molecular flexibility index (Phi) is 6.65. The summed E-state index contributed by atoms with van der Waals surface area (Å²) in [6, 6.07) is 17.8. The first kappa shape index (κ1) is 21.4. The monoisotopic (exact) mass is 431 g/mol. The van der Waals surface area contributed by atoms with Gasteiger partial charge in [-0.2, -0.15) is 0 Å². The van der Waals surface area contributed by atoms with Crippen LogP contribution in [-0.2, 0) is 4.79 Å². The Morgan fingerprint density at radius 3 is 2.50 bits per heavy atom. The number of unbranched alkanes of at least 4 members (excludes halogenated alkanes) is 2. The van der Waals surface area contributed by atoms with Gasteiger partial charge in [0.2, 0.25) is 5.71 Å². The molecule has 0 aliphatic rings. The van der Waals surface area contributed by atoms with Crippen molar-refractivity contribution < 1.29 is 19.1 Å². The second kappa shape index (κ2) is 9.96. The normalized spacial score (nSPS) is 10.9. The van der Waals surface area contributed by atoms with E-state index >= 15 is 0 Å². The van der Waals surface area contributed by atoms with Gasteiger partial charge in [0, 0.05) is 24.1 Å². The minimum Gasteiger partial charge on any atom is -0.497 e. The summed E-state index contributed by atoms with van der Waals surface area (Å²) >= 11 is 0. The number of nitrogens with zero attached hydrogens (tertiary/aromatic N) is 2. The van der Waals surface area contributed by atoms with Crippen molar-refractivity contribution in [2.75, 3.05) is 19.0 Å². The van der Waals surface area contributed by atoms with Gasteiger partial charge in [-0.3, -0.25) is 4.79 Å². The molecule has 0 bridgehead atoms. The summed E-state index contributed by atoms with van der Waals surface area (Å²) in [5.41, 5.74) is 3.36. The lowest BCUT2D eigenvalue weighted by Gasteiger charge is -2.09. The van der Waals surface area contributed by atoms with Crippen LogP contribution in [0.3, 0.4) is 0 Å². The lowest BCUT2D eigenvalue weighted by molar-refractivity contribution is -0.137. The van der Waals surface area contributed by atoms with E-state index in [4.69, 9.17) is 14.3 Å². The number of carbonyl (C=O) groups is 1. The number of anilines is 1. The summed E-state index contributed by atoms with van der Waals surface area (Å²) in [7, 11) is 1.64. The Balaban J connectivity index is 1.71. The number of carboxylic acid groups (broad SMARTS) is 1. The van der Waals surface area contributed by atoms with Crippen LogP contribution in [0, 0.1) is 0 Å². The average Bonchev–Trinajstić information content (AvgIpc) is 3.22. The molecule has 0 fully saturated rings. The van der Waals surface area contributed by atoms with Gasteiger partial charge in [-0.05, 0) is 30.5 Å². The molecule has 164 valence electrons. The number of carboxylic acids is 1. The fourth-order valence-corrected chi connectivity index (χ4v) is 3.68. The molecule has 4 aromatic rings. The van der Waals surface area contributed by atoms with Crippen LogP contribution in [0.4, 0.5) is 5.82 Å². The molecule has 0 spiro atoms. The van der Waals surface area contributed by atoms with E-state index in [1.807, 2.05) is 54.6 Å². The molecule has 32 heavy (non-hydrogen) atoms. The first-order valence-electron chi connectivity index (χ1n) is 10.6. The van der Waals surface area contributed by atoms with Crippen molar-refractivity contribution in [1.82, 2.24) is 9.97 Å². The number of methoxy groups -OCH3 is 1. The van der Waals surface area contributed by atoms with Crippen LogP contribution in [0.5, 0.6) is 5.75 Å². The molecule has 0 aliphatic heterocycles. The van der Waals surface area contributed by atoms with Crippen LogP contribution < -0.4 is 10.1 Å². The molecule has 7 heteroatoms. The summed E-state index contributed by atoms with van der Waals surface area (Å²) in [4.78, 5) is 19.5. The van der Waals surface area contributed by atoms with Gasteiger partial charge in [0.25, 0.3) is 0 Å². The number of furan rings is 1. The second-order valence-corrected chi connectivity index (χ2v) is 7.43. The lowest BCUT2D eigenvalue weighted by Crippen LogP contribution is -2.04. The molecule has 2 aromatic heterocycles. The van der Waals surface area contributed by atoms with Crippen LogP contribution in [-0.4, -0.2) is 34.7 Å². The summed E-state index contributed by atoms with van der Waals surface area (Å²) < 4.78 is 11.5. The molecular formula is C25H25N3O4. The maximum absolute atomic E-state index is 10.7. The van der Waals surface area contributed by atoms with Gasteiger partial charge in [0.05, 0.1) is 12.5 Å². The van der Waals surface area contributed by atoms with Crippen LogP contribution >= 0.6 is 0 Å². The van der Waals surface area contributed by atoms with Crippen molar-refractivity contribution in [3.8, 4) is 28.2 Å². The number of aliphatic carboxylic acids is 1. The Morgan fingerprint density at radius 1 is 1.00 bits per heavy atom. The Morgan fingerprint density at radius 2 is 1.78 bits per heavy atom. The molecular weight excluding hydrogens is 406 g/mol. The van der Waals surface area contributed by atoms with Crippen LogP contribution in [0.25, 0.3) is 33.6 Å². The predicted molar refractivity (Wildman–Crippen MR) is 124 cm³/mol. The van der Waals surface area contributed by atoms with Gasteiger partial charge in [0.1, 0.15) is 23.7 Å². The van der Waals surface area contributed by atoms with Crippen molar-refractivity contribution in [1.29, 1.82) is 0 Å². The lowest BCUT2D eigenvalue weighted by atomic mass is 9.99. The van der Waals surface area contributed by atoms with Crippen LogP contribution in [0.15, 0.2) is 65.3 Å². The molecule has 0 atom stereocenters. The minimum absolute atomic E-state index is 0.196. The third-order valence-corrected chi connectivity index (χ3v) is 5.26. The van der Waals surface area contributed by atoms with E-state index in [1.165, 1.54) is 6.33 Å². The van der Waals surface area contributed by atoms with Gasteiger partial charge < -0.3 is 19.6 Å². The van der Waals surface area contributed by atoms with Gasteiger partial charge in [-0.15, -0.1) is 0 Å². The summed E-state index contributed by atoms with van der Waals surface area (Å²) in [6.45, 7) is 0.680. The molecule has 0 saturated carbocycles. The van der Waals surface area contributed by atoms with Crippen molar-refractivity contribution >= 4 is 22.9 Å². The zero-order chi connectivity index (χ0) is 22.3. The zero-order valence-corrected chi connectivity index (χ0v) is 17.9. The summed E-state index contributed by atoms with van der Waals surface area (Å²) in [5.74, 6) is 1.45. The molecule has 0 radical (unpaired) electrons. The fourth-order valence-electron chi connectivity index (χ4n) is 3.68. The van der Waals surface area contributed by atoms with E-state index < -0.39 is 5.97 Å². The smallest absolute Gasteiger partial charge is 0.303 e. The molecule has 2 heterocycles. The van der Waals surface area contributed by atoms with E-state index in [0.717, 1.165) is 46.4 Å². The van der Waals surface area contributed by atoms with Crippen molar-refractivity contribution in [3.05, 3.63) is 60.9 Å². The van der Waals surface area contributed by atoms with Crippen molar-refractivity contribution in [2.45, 2.75) is 25.7 Å². The number of hydrogen-bond acceptors (Lipinski definition) is 6. The first-order chi connectivity index (χ1) is 15.7. The molecule has 0 aliphatic carbocycles. The van der Waals surface area contributed by atoms with E-state index in [9.17, 15) is 4.79 Å². The largest absolute Gasteiger partial charge is 0.497 e. The van der Waals surface area contributed by atoms with Crippen LogP contribution in [0.1, 0.15) is 25.7 Å². The molecule has 0 saturated heterocycles. The van der Waals surface area contributed by atoms with Crippen molar-refractivity contribution in [2.24, 2.45) is 0 Å². The van der Waals surface area contributed by atoms with Gasteiger partial charge in [-0.25, -0.2) is 9.97 Å². The standard InChI is InChI=1S/C25H25N3O4/c1-31-19-13-11-17(12-14-19)21-22-24(26-15-7-3-6-10-20(29)30)27-16-28-25(22)32-23(21)18-8-4-2-5-9-18/h2,4-5,8-9,11-14,16H,3,6-7,10,15H2,1H3,(H,29,30)(H,26,27,28). The molecule has 2 aromatic carbocycles. The number of ether oxygens (including phenoxy) is 1. The summed E-state index contributed by atoms with van der Waals surface area (Å²) in [6.07, 6.45) is 4.03. The fraction of sp³-hybridized carbons (Fsp3) is 0.240. The highest BCUT2D eigenvalue weighted by atomic mass is 16.5. The Labute approximate surface area is 186 Å². The Bertz CT molecular complexity index is 1190. The molecule has 2 N–H and O–H groups in total. The highest BCUT2D eigenvalue weighted by Gasteiger charge is 2.22. The molecule has 4 rings (SSSR count). The number of nitrogens with one attached hydrogen (secondary N) is 1. The van der Waals surface area contributed by atoms with Crippen molar-refractivity contribution in [3.63, 3.8) is 0 Å². The average molecular weight is 431 g/mol. The SMILES string of the molecule is COc1ccc(-c2c(-c3ccccc3)oc3ncnc(NCCCCCC(=O)O)c23)cc1. The molecule has 0 unspecified atom stereocenters. The molecule has 0 amide bonds.